The number of hydrogen-bond donors (Lipinski definition) is 0. The van der Waals surface area contributed by atoms with Crippen molar-refractivity contribution in [3.63, 3.8) is 0 Å². The molecule has 1 aromatic rings. The number of nitro groups is 1. The summed E-state index contributed by atoms with van der Waals surface area (Å²) >= 11 is 5.81. The van der Waals surface area contributed by atoms with Crippen molar-refractivity contribution in [2.75, 3.05) is 13.6 Å². The Kier molecular flexibility index (Phi) is 4.52. The minimum Gasteiger partial charge on any atom is -0.341 e. The van der Waals surface area contributed by atoms with E-state index in [2.05, 4.69) is 0 Å². The number of carbonyl (C=O) groups excluding carboxylic acids is 1. The van der Waals surface area contributed by atoms with Crippen molar-refractivity contribution in [3.05, 3.63) is 38.9 Å². The van der Waals surface area contributed by atoms with Crippen LogP contribution < -0.4 is 0 Å². The monoisotopic (exact) mass is 284 g/mol. The van der Waals surface area contributed by atoms with E-state index in [0.717, 1.165) is 0 Å². The summed E-state index contributed by atoms with van der Waals surface area (Å²) in [5.74, 6) is -0.399. The second-order valence-corrected chi connectivity index (χ2v) is 6.08. The zero-order valence-electron chi connectivity index (χ0n) is 11.4. The maximum Gasteiger partial charge on any atom is 0.282 e. The van der Waals surface area contributed by atoms with Gasteiger partial charge in [0.2, 0.25) is 0 Å². The van der Waals surface area contributed by atoms with Crippen LogP contribution in [0, 0.1) is 15.5 Å². The summed E-state index contributed by atoms with van der Waals surface area (Å²) in [5.41, 5.74) is -0.294. The van der Waals surface area contributed by atoms with Crippen molar-refractivity contribution in [2.45, 2.75) is 20.8 Å². The van der Waals surface area contributed by atoms with E-state index >= 15 is 0 Å². The van der Waals surface area contributed by atoms with Crippen LogP contribution in [0.2, 0.25) is 5.02 Å². The molecular weight excluding hydrogens is 268 g/mol. The number of benzene rings is 1. The van der Waals surface area contributed by atoms with Crippen LogP contribution >= 0.6 is 11.6 Å². The molecule has 0 aliphatic heterocycles. The molecule has 1 amide bonds. The molecule has 0 bridgehead atoms. The molecule has 1 rings (SSSR count). The van der Waals surface area contributed by atoms with Crippen LogP contribution in [-0.2, 0) is 0 Å². The van der Waals surface area contributed by atoms with Crippen LogP contribution in [0.25, 0.3) is 0 Å². The minimum absolute atomic E-state index is 0.0178. The summed E-state index contributed by atoms with van der Waals surface area (Å²) in [5, 5.41) is 11.2. The molecule has 19 heavy (non-hydrogen) atoms. The van der Waals surface area contributed by atoms with Gasteiger partial charge in [0.15, 0.2) is 0 Å². The van der Waals surface area contributed by atoms with Crippen LogP contribution in [0.4, 0.5) is 5.69 Å². The predicted octanol–water partition coefficient (Wildman–Crippen LogP) is 3.37. The van der Waals surface area contributed by atoms with Crippen LogP contribution in [0.3, 0.4) is 0 Å². The molecule has 0 spiro atoms. The van der Waals surface area contributed by atoms with Gasteiger partial charge in [-0.25, -0.2) is 0 Å². The average molecular weight is 285 g/mol. The lowest BCUT2D eigenvalue weighted by Crippen LogP contribution is -2.34. The third kappa shape index (κ3) is 4.21. The zero-order valence-corrected chi connectivity index (χ0v) is 12.2. The minimum atomic E-state index is -0.575. The molecule has 104 valence electrons. The van der Waals surface area contributed by atoms with Crippen LogP contribution in [0.5, 0.6) is 0 Å². The second kappa shape index (κ2) is 5.57. The number of carbonyl (C=O) groups is 1. The molecule has 5 nitrogen and oxygen atoms in total. The van der Waals surface area contributed by atoms with Gasteiger partial charge in [-0.05, 0) is 17.5 Å². The SMILES string of the molecule is CN(CC(C)(C)C)C(=O)c1cc(Cl)ccc1[N+](=O)[O-]. The first-order chi connectivity index (χ1) is 8.61. The van der Waals surface area contributed by atoms with Crippen molar-refractivity contribution in [1.82, 2.24) is 4.90 Å². The van der Waals surface area contributed by atoms with Gasteiger partial charge in [-0.3, -0.25) is 14.9 Å². The highest BCUT2D eigenvalue weighted by Gasteiger charge is 2.25. The molecule has 0 radical (unpaired) electrons. The molecule has 6 heteroatoms. The van der Waals surface area contributed by atoms with Crippen LogP contribution in [0.15, 0.2) is 18.2 Å². The van der Waals surface area contributed by atoms with E-state index in [0.29, 0.717) is 11.6 Å². The van der Waals surface area contributed by atoms with E-state index in [1.54, 1.807) is 7.05 Å². The molecule has 0 atom stereocenters. The number of nitrogens with zero attached hydrogens (tertiary/aromatic N) is 2. The van der Waals surface area contributed by atoms with Gasteiger partial charge >= 0.3 is 0 Å². The molecule has 0 unspecified atom stereocenters. The fourth-order valence-corrected chi connectivity index (χ4v) is 2.00. The summed E-state index contributed by atoms with van der Waals surface area (Å²) in [4.78, 5) is 24.1. The van der Waals surface area contributed by atoms with Crippen molar-refractivity contribution in [3.8, 4) is 0 Å². The summed E-state index contributed by atoms with van der Waals surface area (Å²) in [6.45, 7) is 6.46. The lowest BCUT2D eigenvalue weighted by atomic mass is 9.96. The Morgan fingerprint density at radius 1 is 1.42 bits per heavy atom. The molecule has 0 fully saturated rings. The maximum atomic E-state index is 12.3. The molecule has 0 aromatic heterocycles. The van der Waals surface area contributed by atoms with E-state index in [1.165, 1.54) is 23.1 Å². The molecule has 0 aliphatic carbocycles. The molecule has 0 saturated heterocycles. The number of amides is 1. The highest BCUT2D eigenvalue weighted by atomic mass is 35.5. The van der Waals surface area contributed by atoms with Gasteiger partial charge in [-0.2, -0.15) is 0 Å². The average Bonchev–Trinajstić information content (AvgIpc) is 2.25. The first kappa shape index (κ1) is 15.4. The quantitative estimate of drug-likeness (QED) is 0.631. The number of rotatable bonds is 3. The Morgan fingerprint density at radius 3 is 2.47 bits per heavy atom. The lowest BCUT2D eigenvalue weighted by molar-refractivity contribution is -0.385. The molecule has 1 aromatic carbocycles. The van der Waals surface area contributed by atoms with Gasteiger partial charge < -0.3 is 4.90 Å². The van der Waals surface area contributed by atoms with Crippen molar-refractivity contribution in [2.24, 2.45) is 5.41 Å². The Labute approximate surface area is 117 Å². The highest BCUT2D eigenvalue weighted by Crippen LogP contribution is 2.25. The Balaban J connectivity index is 3.11. The van der Waals surface area contributed by atoms with E-state index in [9.17, 15) is 14.9 Å². The van der Waals surface area contributed by atoms with Gasteiger partial charge in [0.05, 0.1) is 4.92 Å². The van der Waals surface area contributed by atoms with E-state index < -0.39 is 10.8 Å². The first-order valence-electron chi connectivity index (χ1n) is 5.81. The second-order valence-electron chi connectivity index (χ2n) is 5.64. The predicted molar refractivity (Wildman–Crippen MR) is 74.5 cm³/mol. The van der Waals surface area contributed by atoms with Crippen molar-refractivity contribution in [1.29, 1.82) is 0 Å². The standard InChI is InChI=1S/C13H17ClN2O3/c1-13(2,3)8-15(4)12(17)10-7-9(14)5-6-11(10)16(18)19/h5-7H,8H2,1-4H3. The van der Waals surface area contributed by atoms with E-state index in [4.69, 9.17) is 11.6 Å². The van der Waals surface area contributed by atoms with E-state index in [-0.39, 0.29) is 16.7 Å². The van der Waals surface area contributed by atoms with Gasteiger partial charge in [0, 0.05) is 24.7 Å². The molecule has 0 aliphatic rings. The topological polar surface area (TPSA) is 63.5 Å². The summed E-state index contributed by atoms with van der Waals surface area (Å²) in [7, 11) is 1.62. The summed E-state index contributed by atoms with van der Waals surface area (Å²) < 4.78 is 0. The van der Waals surface area contributed by atoms with Gasteiger partial charge in [0.1, 0.15) is 5.56 Å². The summed E-state index contributed by atoms with van der Waals surface area (Å²) in [6, 6.07) is 3.99. The Morgan fingerprint density at radius 2 is 2.00 bits per heavy atom. The van der Waals surface area contributed by atoms with Crippen LogP contribution in [-0.4, -0.2) is 29.3 Å². The lowest BCUT2D eigenvalue weighted by Gasteiger charge is -2.26. The van der Waals surface area contributed by atoms with E-state index in [1.807, 2.05) is 20.8 Å². The number of nitro benzene ring substituents is 1. The Bertz CT molecular complexity index is 509. The molecule has 0 saturated carbocycles. The molecule has 0 heterocycles. The van der Waals surface area contributed by atoms with Crippen molar-refractivity contribution < 1.29 is 9.72 Å². The van der Waals surface area contributed by atoms with Gasteiger partial charge in [0.25, 0.3) is 11.6 Å². The highest BCUT2D eigenvalue weighted by molar-refractivity contribution is 6.31. The fourth-order valence-electron chi connectivity index (χ4n) is 1.83. The Hall–Kier alpha value is -1.62. The van der Waals surface area contributed by atoms with Crippen LogP contribution in [0.1, 0.15) is 31.1 Å². The fraction of sp³-hybridized carbons (Fsp3) is 0.462. The largest absolute Gasteiger partial charge is 0.341 e. The third-order valence-electron chi connectivity index (χ3n) is 2.44. The third-order valence-corrected chi connectivity index (χ3v) is 2.68. The zero-order chi connectivity index (χ0) is 14.8. The van der Waals surface area contributed by atoms with Gasteiger partial charge in [-0.15, -0.1) is 0 Å². The molecular formula is C13H17ClN2O3. The van der Waals surface area contributed by atoms with Gasteiger partial charge in [-0.1, -0.05) is 32.4 Å². The number of hydrogen-bond acceptors (Lipinski definition) is 3. The maximum absolute atomic E-state index is 12.3. The molecule has 0 N–H and O–H groups in total. The smallest absolute Gasteiger partial charge is 0.282 e. The number of halogens is 1. The normalized spacial score (nSPS) is 11.2. The first-order valence-corrected chi connectivity index (χ1v) is 6.19. The van der Waals surface area contributed by atoms with Crippen molar-refractivity contribution >= 4 is 23.2 Å². The summed E-state index contributed by atoms with van der Waals surface area (Å²) in [6.07, 6.45) is 0.